The van der Waals surface area contributed by atoms with E-state index in [1.54, 1.807) is 4.90 Å². The van der Waals surface area contributed by atoms with Crippen molar-refractivity contribution in [2.75, 3.05) is 26.2 Å². The average Bonchev–Trinajstić information content (AvgIpc) is 2.92. The fourth-order valence-electron chi connectivity index (χ4n) is 3.68. The third-order valence-corrected chi connectivity index (χ3v) is 5.32. The van der Waals surface area contributed by atoms with Crippen LogP contribution in [0.25, 0.3) is 0 Å². The lowest BCUT2D eigenvalue weighted by atomic mass is 10.1. The number of carbonyl (C=O) groups excluding carboxylic acids is 2. The molecule has 0 radical (unpaired) electrons. The molecule has 1 aliphatic heterocycles. The summed E-state index contributed by atoms with van der Waals surface area (Å²) in [7, 11) is 0. The van der Waals surface area contributed by atoms with Gasteiger partial charge in [-0.15, -0.1) is 5.10 Å². The van der Waals surface area contributed by atoms with Crippen LogP contribution < -0.4 is 0 Å². The van der Waals surface area contributed by atoms with Crippen LogP contribution in [0.4, 0.5) is 0 Å². The second-order valence-electron chi connectivity index (χ2n) is 7.78. The average molecular weight is 346 g/mol. The van der Waals surface area contributed by atoms with Gasteiger partial charge in [0, 0.05) is 26.2 Å². The molecule has 0 bridgehead atoms. The van der Waals surface area contributed by atoms with Gasteiger partial charge < -0.3 is 9.80 Å². The second-order valence-corrected chi connectivity index (χ2v) is 7.78. The third-order valence-electron chi connectivity index (χ3n) is 5.32. The Labute approximate surface area is 147 Å². The van der Waals surface area contributed by atoms with Gasteiger partial charge in [0.15, 0.2) is 0 Å². The molecule has 0 aromatic carbocycles. The first-order valence-electron chi connectivity index (χ1n) is 8.73. The normalized spacial score (nSPS) is 24.8. The molecule has 1 aromatic heterocycles. The van der Waals surface area contributed by atoms with Gasteiger partial charge in [-0.25, -0.2) is 4.68 Å². The van der Waals surface area contributed by atoms with Crippen LogP contribution in [-0.4, -0.2) is 68.0 Å². The predicted molar refractivity (Wildman–Crippen MR) is 91.2 cm³/mol. The molecule has 2 heterocycles. The van der Waals surface area contributed by atoms with E-state index in [9.17, 15) is 9.59 Å². The fraction of sp³-hybridized carbons (Fsp3) is 0.706. The Morgan fingerprint density at radius 1 is 1.16 bits per heavy atom. The highest BCUT2D eigenvalue weighted by molar-refractivity contribution is 5.84. The molecule has 25 heavy (non-hydrogen) atoms. The van der Waals surface area contributed by atoms with Crippen LogP contribution in [0.5, 0.6) is 0 Å². The van der Waals surface area contributed by atoms with Crippen LogP contribution in [0, 0.1) is 17.3 Å². The number of piperazine rings is 1. The van der Waals surface area contributed by atoms with Gasteiger partial charge in [0.05, 0.1) is 5.92 Å². The van der Waals surface area contributed by atoms with E-state index in [-0.39, 0.29) is 29.7 Å². The first-order valence-corrected chi connectivity index (χ1v) is 8.73. The van der Waals surface area contributed by atoms with E-state index in [2.05, 4.69) is 49.3 Å². The van der Waals surface area contributed by atoms with Crippen molar-refractivity contribution in [3.05, 3.63) is 18.0 Å². The Kier molecular flexibility index (Phi) is 4.62. The topological polar surface area (TPSA) is 84.2 Å². The Morgan fingerprint density at radius 3 is 2.36 bits per heavy atom. The molecule has 8 heteroatoms. The van der Waals surface area contributed by atoms with Gasteiger partial charge in [0.1, 0.15) is 12.9 Å². The van der Waals surface area contributed by atoms with Gasteiger partial charge in [-0.2, -0.15) is 0 Å². The standard InChI is InChI=1S/C17H26N6O2/c1-12(2)9-13-15(17(13,3)4)16(25)22-7-5-21(6-8-22)14(24)10-23-11-18-19-20-23/h9,11,13,15H,5-8,10H2,1-4H3. The molecule has 2 atom stereocenters. The zero-order valence-electron chi connectivity index (χ0n) is 15.3. The minimum atomic E-state index is -0.0198. The molecule has 1 aromatic rings. The number of rotatable bonds is 4. The maximum absolute atomic E-state index is 12.9. The monoisotopic (exact) mass is 346 g/mol. The molecule has 136 valence electrons. The molecule has 8 nitrogen and oxygen atoms in total. The van der Waals surface area contributed by atoms with Crippen molar-refractivity contribution in [3.8, 4) is 0 Å². The summed E-state index contributed by atoms with van der Waals surface area (Å²) in [5, 5.41) is 10.8. The van der Waals surface area contributed by atoms with Gasteiger partial charge in [0.2, 0.25) is 11.8 Å². The third kappa shape index (κ3) is 3.57. The smallest absolute Gasteiger partial charge is 0.244 e. The summed E-state index contributed by atoms with van der Waals surface area (Å²) in [4.78, 5) is 28.8. The molecule has 2 fully saturated rings. The van der Waals surface area contributed by atoms with E-state index in [0.29, 0.717) is 32.1 Å². The number of allylic oxidation sites excluding steroid dienone is 2. The summed E-state index contributed by atoms with van der Waals surface area (Å²) < 4.78 is 1.41. The zero-order valence-corrected chi connectivity index (χ0v) is 15.3. The molecule has 3 rings (SSSR count). The van der Waals surface area contributed by atoms with Crippen molar-refractivity contribution >= 4 is 11.8 Å². The molecule has 1 saturated carbocycles. The predicted octanol–water partition coefficient (Wildman–Crippen LogP) is 0.582. The highest BCUT2D eigenvalue weighted by atomic mass is 16.2. The molecule has 2 amide bonds. The molecule has 1 aliphatic carbocycles. The number of hydrogen-bond donors (Lipinski definition) is 0. The van der Waals surface area contributed by atoms with Crippen LogP contribution in [0.2, 0.25) is 0 Å². The van der Waals surface area contributed by atoms with Crippen molar-refractivity contribution in [1.29, 1.82) is 0 Å². The summed E-state index contributed by atoms with van der Waals surface area (Å²) in [5.41, 5.74) is 1.29. The summed E-state index contributed by atoms with van der Waals surface area (Å²) in [6.45, 7) is 10.9. The lowest BCUT2D eigenvalue weighted by molar-refractivity contribution is -0.141. The number of carbonyl (C=O) groups is 2. The van der Waals surface area contributed by atoms with Crippen LogP contribution in [0.1, 0.15) is 27.7 Å². The maximum atomic E-state index is 12.9. The van der Waals surface area contributed by atoms with E-state index in [1.165, 1.54) is 16.6 Å². The highest BCUT2D eigenvalue weighted by Gasteiger charge is 2.61. The molecular formula is C17H26N6O2. The fourth-order valence-corrected chi connectivity index (χ4v) is 3.68. The summed E-state index contributed by atoms with van der Waals surface area (Å²) in [6, 6.07) is 0. The number of tetrazole rings is 1. The SMILES string of the molecule is CC(C)=CC1C(C(=O)N2CCN(C(=O)Cn3cnnn3)CC2)C1(C)C. The Morgan fingerprint density at radius 2 is 1.80 bits per heavy atom. The van der Waals surface area contributed by atoms with E-state index in [1.807, 2.05) is 4.90 Å². The summed E-state index contributed by atoms with van der Waals surface area (Å²) in [6.07, 6.45) is 3.64. The van der Waals surface area contributed by atoms with Crippen molar-refractivity contribution in [2.24, 2.45) is 17.3 Å². The molecule has 2 unspecified atom stereocenters. The van der Waals surface area contributed by atoms with Gasteiger partial charge in [-0.3, -0.25) is 9.59 Å². The van der Waals surface area contributed by atoms with Crippen molar-refractivity contribution < 1.29 is 9.59 Å². The van der Waals surface area contributed by atoms with Crippen molar-refractivity contribution in [3.63, 3.8) is 0 Å². The van der Waals surface area contributed by atoms with Gasteiger partial charge in [-0.05, 0) is 35.6 Å². The van der Waals surface area contributed by atoms with Crippen LogP contribution in [-0.2, 0) is 16.1 Å². The Hall–Kier alpha value is -2.25. The maximum Gasteiger partial charge on any atom is 0.244 e. The minimum absolute atomic E-state index is 0.0198. The largest absolute Gasteiger partial charge is 0.339 e. The second kappa shape index (κ2) is 6.57. The first kappa shape index (κ1) is 17.6. The quantitative estimate of drug-likeness (QED) is 0.745. The molecular weight excluding hydrogens is 320 g/mol. The van der Waals surface area contributed by atoms with Gasteiger partial charge >= 0.3 is 0 Å². The van der Waals surface area contributed by atoms with E-state index in [0.717, 1.165) is 0 Å². The number of nitrogens with zero attached hydrogens (tertiary/aromatic N) is 6. The van der Waals surface area contributed by atoms with E-state index in [4.69, 9.17) is 0 Å². The number of hydrogen-bond acceptors (Lipinski definition) is 5. The van der Waals surface area contributed by atoms with Gasteiger partial charge in [-0.1, -0.05) is 25.5 Å². The van der Waals surface area contributed by atoms with Gasteiger partial charge in [0.25, 0.3) is 0 Å². The molecule has 2 aliphatic rings. The lowest BCUT2D eigenvalue weighted by Gasteiger charge is -2.35. The summed E-state index contributed by atoms with van der Waals surface area (Å²) in [5.74, 6) is 0.587. The van der Waals surface area contributed by atoms with Crippen LogP contribution in [0.3, 0.4) is 0 Å². The van der Waals surface area contributed by atoms with Crippen LogP contribution >= 0.6 is 0 Å². The Balaban J connectivity index is 1.53. The first-order chi connectivity index (χ1) is 11.8. The minimum Gasteiger partial charge on any atom is -0.339 e. The van der Waals surface area contributed by atoms with Crippen molar-refractivity contribution in [2.45, 2.75) is 34.2 Å². The lowest BCUT2D eigenvalue weighted by Crippen LogP contribution is -2.52. The highest BCUT2D eigenvalue weighted by Crippen LogP contribution is 2.60. The Bertz CT molecular complexity index is 669. The zero-order chi connectivity index (χ0) is 18.2. The molecule has 0 N–H and O–H groups in total. The molecule has 0 spiro atoms. The number of amides is 2. The van der Waals surface area contributed by atoms with E-state index >= 15 is 0 Å². The number of aromatic nitrogens is 4. The summed E-state index contributed by atoms with van der Waals surface area (Å²) >= 11 is 0. The van der Waals surface area contributed by atoms with E-state index < -0.39 is 0 Å². The molecule has 1 saturated heterocycles. The van der Waals surface area contributed by atoms with Crippen LogP contribution in [0.15, 0.2) is 18.0 Å². The van der Waals surface area contributed by atoms with Crippen molar-refractivity contribution in [1.82, 2.24) is 30.0 Å².